The Bertz CT molecular complexity index is 1020. The van der Waals surface area contributed by atoms with Gasteiger partial charge in [0.25, 0.3) is 5.91 Å². The molecule has 0 bridgehead atoms. The first-order valence-corrected chi connectivity index (χ1v) is 11.2. The third kappa shape index (κ3) is 5.00. The van der Waals surface area contributed by atoms with E-state index in [0.717, 1.165) is 23.6 Å². The van der Waals surface area contributed by atoms with Crippen LogP contribution in [0.1, 0.15) is 43.5 Å². The van der Waals surface area contributed by atoms with Crippen molar-refractivity contribution in [2.75, 3.05) is 26.3 Å². The number of nitrogens with one attached hydrogen (secondary N) is 1. The number of hydrogen-bond donors (Lipinski definition) is 1. The average molecular weight is 436 g/mol. The number of nitrogens with zero attached hydrogens (tertiary/aromatic N) is 4. The molecule has 1 fully saturated rings. The van der Waals surface area contributed by atoms with Crippen LogP contribution in [-0.4, -0.2) is 57.8 Å². The third-order valence-corrected chi connectivity index (χ3v) is 5.97. The van der Waals surface area contributed by atoms with Gasteiger partial charge in [0.2, 0.25) is 5.91 Å². The van der Waals surface area contributed by atoms with Crippen LogP contribution < -0.4 is 5.32 Å². The minimum Gasteiger partial charge on any atom is -0.381 e. The van der Waals surface area contributed by atoms with Crippen molar-refractivity contribution in [3.05, 3.63) is 47.5 Å². The molecule has 0 spiro atoms. The smallest absolute Gasteiger partial charge is 0.298 e. The lowest BCUT2D eigenvalue weighted by Gasteiger charge is -2.24. The summed E-state index contributed by atoms with van der Waals surface area (Å²) in [7, 11) is 0. The molecule has 32 heavy (non-hydrogen) atoms. The number of ether oxygens (including phenoxy) is 1. The molecule has 168 valence electrons. The molecule has 0 radical (unpaired) electrons. The molecule has 0 saturated carbocycles. The first-order valence-electron chi connectivity index (χ1n) is 11.2. The van der Waals surface area contributed by atoms with Crippen LogP contribution in [0.15, 0.2) is 30.3 Å². The maximum atomic E-state index is 12.7. The van der Waals surface area contributed by atoms with E-state index in [-0.39, 0.29) is 29.7 Å². The van der Waals surface area contributed by atoms with Gasteiger partial charge < -0.3 is 19.5 Å². The molecule has 1 aromatic carbocycles. The van der Waals surface area contributed by atoms with E-state index in [9.17, 15) is 9.59 Å². The second-order valence-electron chi connectivity index (χ2n) is 8.58. The van der Waals surface area contributed by atoms with E-state index >= 15 is 0 Å². The Labute approximate surface area is 188 Å². The highest BCUT2D eigenvalue weighted by Crippen LogP contribution is 2.24. The van der Waals surface area contributed by atoms with E-state index < -0.39 is 0 Å². The van der Waals surface area contributed by atoms with Crippen LogP contribution in [-0.2, 0) is 27.3 Å². The highest BCUT2D eigenvalue weighted by molar-refractivity contribution is 5.94. The highest BCUT2D eigenvalue weighted by atomic mass is 16.5. The van der Waals surface area contributed by atoms with E-state index in [4.69, 9.17) is 4.74 Å². The third-order valence-electron chi connectivity index (χ3n) is 5.97. The van der Waals surface area contributed by atoms with Gasteiger partial charge in [0.05, 0.1) is 18.6 Å². The minimum absolute atomic E-state index is 0.000151. The lowest BCUT2D eigenvalue weighted by molar-refractivity contribution is -0.126. The minimum atomic E-state index is -0.246. The molecule has 1 aromatic heterocycles. The monoisotopic (exact) mass is 435 g/mol. The zero-order chi connectivity index (χ0) is 22.5. The van der Waals surface area contributed by atoms with Gasteiger partial charge in [0.1, 0.15) is 5.82 Å². The van der Waals surface area contributed by atoms with Gasteiger partial charge in [-0.25, -0.2) is 0 Å². The molecular formula is C24H29N5O3. The van der Waals surface area contributed by atoms with E-state index in [2.05, 4.69) is 41.2 Å². The summed E-state index contributed by atoms with van der Waals surface area (Å²) in [5.41, 5.74) is 0.818. The SMILES string of the molecule is CC(C)C(NC(=O)C1CCOC1)c1nnc2n1CCN(C(=O)C#Cc1ccccc1)CC2. The van der Waals surface area contributed by atoms with Crippen LogP contribution >= 0.6 is 0 Å². The molecule has 3 heterocycles. The van der Waals surface area contributed by atoms with Gasteiger partial charge in [-0.05, 0) is 24.5 Å². The van der Waals surface area contributed by atoms with Crippen molar-refractivity contribution in [1.82, 2.24) is 25.0 Å². The topological polar surface area (TPSA) is 89.3 Å². The summed E-state index contributed by atoms with van der Waals surface area (Å²) in [6.07, 6.45) is 1.34. The summed E-state index contributed by atoms with van der Waals surface area (Å²) in [4.78, 5) is 27.1. The average Bonchev–Trinajstić information content (AvgIpc) is 3.42. The number of carbonyl (C=O) groups excluding carboxylic acids is 2. The van der Waals surface area contributed by atoms with Crippen molar-refractivity contribution < 1.29 is 14.3 Å². The van der Waals surface area contributed by atoms with Crippen LogP contribution in [0.3, 0.4) is 0 Å². The molecular weight excluding hydrogens is 406 g/mol. The number of aromatic nitrogens is 3. The predicted octanol–water partition coefficient (Wildman–Crippen LogP) is 1.56. The number of benzene rings is 1. The van der Waals surface area contributed by atoms with Crippen LogP contribution in [0.5, 0.6) is 0 Å². The molecule has 2 atom stereocenters. The Balaban J connectivity index is 1.45. The van der Waals surface area contributed by atoms with Crippen molar-refractivity contribution >= 4 is 11.8 Å². The maximum absolute atomic E-state index is 12.7. The zero-order valence-corrected chi connectivity index (χ0v) is 18.6. The van der Waals surface area contributed by atoms with Crippen molar-refractivity contribution in [2.24, 2.45) is 11.8 Å². The zero-order valence-electron chi connectivity index (χ0n) is 18.6. The fraction of sp³-hybridized carbons (Fsp3) is 0.500. The molecule has 1 saturated heterocycles. The molecule has 0 aliphatic carbocycles. The maximum Gasteiger partial charge on any atom is 0.298 e. The quantitative estimate of drug-likeness (QED) is 0.737. The summed E-state index contributed by atoms with van der Waals surface area (Å²) >= 11 is 0. The van der Waals surface area contributed by atoms with Gasteiger partial charge in [0, 0.05) is 44.1 Å². The van der Waals surface area contributed by atoms with Crippen molar-refractivity contribution in [3.63, 3.8) is 0 Å². The normalized spacial score (nSPS) is 19.0. The second kappa shape index (κ2) is 9.96. The molecule has 4 rings (SSSR count). The van der Waals surface area contributed by atoms with E-state index in [0.29, 0.717) is 39.3 Å². The van der Waals surface area contributed by atoms with Crippen LogP contribution in [0, 0.1) is 23.7 Å². The Morgan fingerprint density at radius 3 is 2.69 bits per heavy atom. The van der Waals surface area contributed by atoms with E-state index in [1.165, 1.54) is 0 Å². The lowest BCUT2D eigenvalue weighted by Crippen LogP contribution is -2.38. The number of rotatable bonds is 4. The molecule has 2 amide bonds. The van der Waals surface area contributed by atoms with Crippen LogP contribution in [0.2, 0.25) is 0 Å². The first-order chi connectivity index (χ1) is 15.5. The molecule has 2 aromatic rings. The van der Waals surface area contributed by atoms with E-state index in [1.54, 1.807) is 4.90 Å². The standard InChI is InChI=1S/C24H29N5O3/c1-17(2)22(25-24(31)19-11-15-32-16-19)23-27-26-20-10-12-28(13-14-29(20)23)21(30)9-8-18-6-4-3-5-7-18/h3-7,17,19,22H,10-16H2,1-2H3,(H,25,31). The summed E-state index contributed by atoms with van der Waals surface area (Å²) in [5, 5.41) is 12.0. The van der Waals surface area contributed by atoms with Gasteiger partial charge in [-0.2, -0.15) is 0 Å². The predicted molar refractivity (Wildman–Crippen MR) is 118 cm³/mol. The summed E-state index contributed by atoms with van der Waals surface area (Å²) in [6, 6.07) is 9.24. The van der Waals surface area contributed by atoms with E-state index in [1.807, 2.05) is 34.9 Å². The van der Waals surface area contributed by atoms with Gasteiger partial charge in [-0.15, -0.1) is 10.2 Å². The summed E-state index contributed by atoms with van der Waals surface area (Å²) in [5.74, 6) is 7.10. The number of hydrogen-bond acceptors (Lipinski definition) is 5. The Morgan fingerprint density at radius 1 is 1.16 bits per heavy atom. The molecule has 8 heteroatoms. The molecule has 8 nitrogen and oxygen atoms in total. The van der Waals surface area contributed by atoms with Crippen molar-refractivity contribution in [2.45, 2.75) is 39.3 Å². The van der Waals surface area contributed by atoms with Gasteiger partial charge in [-0.3, -0.25) is 9.59 Å². The lowest BCUT2D eigenvalue weighted by atomic mass is 10.0. The fourth-order valence-electron chi connectivity index (χ4n) is 4.05. The molecule has 2 unspecified atom stereocenters. The number of fused-ring (bicyclic) bond motifs is 1. The molecule has 2 aliphatic heterocycles. The van der Waals surface area contributed by atoms with Crippen LogP contribution in [0.4, 0.5) is 0 Å². The Hall–Kier alpha value is -3.18. The summed E-state index contributed by atoms with van der Waals surface area (Å²) in [6.45, 7) is 6.85. The highest BCUT2D eigenvalue weighted by Gasteiger charge is 2.31. The molecule has 1 N–H and O–H groups in total. The fourth-order valence-corrected chi connectivity index (χ4v) is 4.05. The van der Waals surface area contributed by atoms with Gasteiger partial charge >= 0.3 is 0 Å². The van der Waals surface area contributed by atoms with Gasteiger partial charge in [0.15, 0.2) is 5.82 Å². The molecule has 2 aliphatic rings. The number of carbonyl (C=O) groups is 2. The number of amides is 2. The summed E-state index contributed by atoms with van der Waals surface area (Å²) < 4.78 is 7.41. The largest absolute Gasteiger partial charge is 0.381 e. The second-order valence-corrected chi connectivity index (χ2v) is 8.58. The van der Waals surface area contributed by atoms with Crippen LogP contribution in [0.25, 0.3) is 0 Å². The van der Waals surface area contributed by atoms with Crippen molar-refractivity contribution in [1.29, 1.82) is 0 Å². The van der Waals surface area contributed by atoms with Gasteiger partial charge in [-0.1, -0.05) is 38.0 Å². The Kier molecular flexibility index (Phi) is 6.86. The Morgan fingerprint density at radius 2 is 1.97 bits per heavy atom. The first kappa shape index (κ1) is 22.0. The van der Waals surface area contributed by atoms with Crippen molar-refractivity contribution in [3.8, 4) is 11.8 Å².